The van der Waals surface area contributed by atoms with E-state index in [1.807, 2.05) is 0 Å². The summed E-state index contributed by atoms with van der Waals surface area (Å²) in [5.41, 5.74) is 0. The monoisotopic (exact) mass is 172 g/mol. The fourth-order valence-electron chi connectivity index (χ4n) is 1.06. The van der Waals surface area contributed by atoms with Crippen molar-refractivity contribution in [2.75, 3.05) is 13.2 Å². The van der Waals surface area contributed by atoms with Crippen molar-refractivity contribution in [3.8, 4) is 0 Å². The van der Waals surface area contributed by atoms with E-state index in [0.717, 1.165) is 0 Å². The summed E-state index contributed by atoms with van der Waals surface area (Å²) in [6.07, 6.45) is 0.351. The Morgan fingerprint density at radius 2 is 2.50 bits per heavy atom. The van der Waals surface area contributed by atoms with Crippen molar-refractivity contribution in [2.45, 2.75) is 25.9 Å². The average molecular weight is 172 g/mol. The van der Waals surface area contributed by atoms with Gasteiger partial charge in [0.05, 0.1) is 6.61 Å². The number of Topliss-reactive ketones (excluding diaryl/α,β-unsaturated/α-hetero) is 1. The zero-order chi connectivity index (χ0) is 8.97. The molecule has 1 aliphatic heterocycles. The largest absolute Gasteiger partial charge is 0.464 e. The van der Waals surface area contributed by atoms with E-state index in [-0.39, 0.29) is 18.4 Å². The molecular weight excluding hydrogens is 160 g/mol. The molecule has 0 aromatic rings. The average Bonchev–Trinajstić information content (AvgIpc) is 2.06. The van der Waals surface area contributed by atoms with Crippen molar-refractivity contribution in [1.29, 1.82) is 0 Å². The second-order valence-electron chi connectivity index (χ2n) is 2.63. The summed E-state index contributed by atoms with van der Waals surface area (Å²) in [4.78, 5) is 21.8. The van der Waals surface area contributed by atoms with E-state index >= 15 is 0 Å². The van der Waals surface area contributed by atoms with Crippen LogP contribution < -0.4 is 0 Å². The summed E-state index contributed by atoms with van der Waals surface area (Å²) in [7, 11) is 0. The van der Waals surface area contributed by atoms with Crippen LogP contribution in [0.2, 0.25) is 0 Å². The predicted molar refractivity (Wildman–Crippen MR) is 40.6 cm³/mol. The number of carbonyl (C=O) groups excluding carboxylic acids is 2. The molecule has 0 bridgehead atoms. The maximum absolute atomic E-state index is 11.0. The van der Waals surface area contributed by atoms with E-state index in [1.165, 1.54) is 0 Å². The van der Waals surface area contributed by atoms with Crippen LogP contribution in [0.5, 0.6) is 0 Å². The first kappa shape index (κ1) is 9.19. The van der Waals surface area contributed by atoms with Crippen molar-refractivity contribution < 1.29 is 19.1 Å². The van der Waals surface area contributed by atoms with Crippen LogP contribution in [0.15, 0.2) is 0 Å². The first-order valence-electron chi connectivity index (χ1n) is 4.04. The third-order valence-electron chi connectivity index (χ3n) is 1.68. The molecule has 0 N–H and O–H groups in total. The summed E-state index contributed by atoms with van der Waals surface area (Å²) in [5.74, 6) is -0.305. The van der Waals surface area contributed by atoms with Crippen molar-refractivity contribution in [2.24, 2.45) is 0 Å². The van der Waals surface area contributed by atoms with Gasteiger partial charge in [-0.25, -0.2) is 4.79 Å². The van der Waals surface area contributed by atoms with Gasteiger partial charge in [-0.05, 0) is 13.3 Å². The topological polar surface area (TPSA) is 52.6 Å². The SMILES string of the molecule is CCOC(=O)C1CCC(=O)CO1. The summed E-state index contributed by atoms with van der Waals surface area (Å²) in [6.45, 7) is 2.14. The van der Waals surface area contributed by atoms with Crippen LogP contribution in [0, 0.1) is 0 Å². The summed E-state index contributed by atoms with van der Waals surface area (Å²) >= 11 is 0. The van der Waals surface area contributed by atoms with Gasteiger partial charge in [-0.3, -0.25) is 4.79 Å². The van der Waals surface area contributed by atoms with Crippen LogP contribution in [0.1, 0.15) is 19.8 Å². The van der Waals surface area contributed by atoms with E-state index in [9.17, 15) is 9.59 Å². The second kappa shape index (κ2) is 4.21. The Morgan fingerprint density at radius 3 is 3.00 bits per heavy atom. The lowest BCUT2D eigenvalue weighted by Gasteiger charge is -2.19. The minimum absolute atomic E-state index is 0.0451. The van der Waals surface area contributed by atoms with Gasteiger partial charge in [-0.15, -0.1) is 0 Å². The van der Waals surface area contributed by atoms with Crippen LogP contribution in [0.3, 0.4) is 0 Å². The number of ketones is 1. The van der Waals surface area contributed by atoms with E-state index < -0.39 is 6.10 Å². The van der Waals surface area contributed by atoms with Gasteiger partial charge >= 0.3 is 5.97 Å². The van der Waals surface area contributed by atoms with Crippen molar-refractivity contribution in [3.05, 3.63) is 0 Å². The van der Waals surface area contributed by atoms with Crippen LogP contribution in [-0.2, 0) is 19.1 Å². The maximum atomic E-state index is 11.0. The first-order chi connectivity index (χ1) is 5.74. The molecule has 0 aromatic carbocycles. The molecule has 0 spiro atoms. The predicted octanol–water partition coefficient (Wildman–Crippen LogP) is 0.298. The summed E-state index contributed by atoms with van der Waals surface area (Å²) in [6, 6.07) is 0. The number of carbonyl (C=O) groups is 2. The molecule has 0 aromatic heterocycles. The van der Waals surface area contributed by atoms with Gasteiger partial charge in [0, 0.05) is 6.42 Å². The Hall–Kier alpha value is -0.900. The zero-order valence-corrected chi connectivity index (χ0v) is 7.04. The molecule has 0 amide bonds. The van der Waals surface area contributed by atoms with Gasteiger partial charge in [0.25, 0.3) is 0 Å². The molecule has 1 unspecified atom stereocenters. The van der Waals surface area contributed by atoms with E-state index in [4.69, 9.17) is 9.47 Å². The lowest BCUT2D eigenvalue weighted by Crippen LogP contribution is -2.33. The number of hydrogen-bond donors (Lipinski definition) is 0. The van der Waals surface area contributed by atoms with Crippen LogP contribution in [0.25, 0.3) is 0 Å². The van der Waals surface area contributed by atoms with E-state index in [2.05, 4.69) is 0 Å². The molecule has 1 atom stereocenters. The fourth-order valence-corrected chi connectivity index (χ4v) is 1.06. The molecule has 1 rings (SSSR count). The quantitative estimate of drug-likeness (QED) is 0.562. The van der Waals surface area contributed by atoms with Gasteiger partial charge in [0.15, 0.2) is 11.9 Å². The van der Waals surface area contributed by atoms with E-state index in [0.29, 0.717) is 19.4 Å². The van der Waals surface area contributed by atoms with Gasteiger partial charge in [-0.1, -0.05) is 0 Å². The maximum Gasteiger partial charge on any atom is 0.335 e. The number of rotatable bonds is 2. The van der Waals surface area contributed by atoms with Crippen LogP contribution in [0.4, 0.5) is 0 Å². The first-order valence-corrected chi connectivity index (χ1v) is 4.04. The van der Waals surface area contributed by atoms with Crippen molar-refractivity contribution in [1.82, 2.24) is 0 Å². The van der Waals surface area contributed by atoms with Gasteiger partial charge < -0.3 is 9.47 Å². The lowest BCUT2D eigenvalue weighted by molar-refractivity contribution is -0.161. The Bertz CT molecular complexity index is 177. The highest BCUT2D eigenvalue weighted by Crippen LogP contribution is 2.11. The van der Waals surface area contributed by atoms with Crippen LogP contribution >= 0.6 is 0 Å². The van der Waals surface area contributed by atoms with Gasteiger partial charge in [0.2, 0.25) is 0 Å². The molecule has 4 heteroatoms. The highest BCUT2D eigenvalue weighted by molar-refractivity contribution is 5.83. The van der Waals surface area contributed by atoms with Crippen molar-refractivity contribution in [3.63, 3.8) is 0 Å². The highest BCUT2D eigenvalue weighted by atomic mass is 16.6. The Morgan fingerprint density at radius 1 is 1.75 bits per heavy atom. The number of ether oxygens (including phenoxy) is 2. The van der Waals surface area contributed by atoms with Gasteiger partial charge in [0.1, 0.15) is 6.61 Å². The fraction of sp³-hybridized carbons (Fsp3) is 0.750. The Kier molecular flexibility index (Phi) is 3.22. The van der Waals surface area contributed by atoms with Crippen LogP contribution in [-0.4, -0.2) is 31.1 Å². The molecule has 1 heterocycles. The molecule has 68 valence electrons. The molecule has 1 fully saturated rings. The molecule has 12 heavy (non-hydrogen) atoms. The third-order valence-corrected chi connectivity index (χ3v) is 1.68. The molecule has 0 aliphatic carbocycles. The molecule has 0 radical (unpaired) electrons. The summed E-state index contributed by atoms with van der Waals surface area (Å²) < 4.78 is 9.72. The Labute approximate surface area is 70.8 Å². The standard InChI is InChI=1S/C8H12O4/c1-2-11-8(10)7-4-3-6(9)5-12-7/h7H,2-5H2,1H3. The second-order valence-corrected chi connectivity index (χ2v) is 2.63. The third kappa shape index (κ3) is 2.30. The zero-order valence-electron chi connectivity index (χ0n) is 7.04. The van der Waals surface area contributed by atoms with E-state index in [1.54, 1.807) is 6.92 Å². The molecule has 4 nitrogen and oxygen atoms in total. The van der Waals surface area contributed by atoms with Crippen molar-refractivity contribution >= 4 is 11.8 Å². The smallest absolute Gasteiger partial charge is 0.335 e. The molecular formula is C8H12O4. The highest BCUT2D eigenvalue weighted by Gasteiger charge is 2.26. The normalized spacial score (nSPS) is 23.8. The molecule has 0 saturated carbocycles. The number of hydrogen-bond acceptors (Lipinski definition) is 4. The van der Waals surface area contributed by atoms with Gasteiger partial charge in [-0.2, -0.15) is 0 Å². The minimum atomic E-state index is -0.525. The molecule has 1 aliphatic rings. The Balaban J connectivity index is 2.33. The molecule has 1 saturated heterocycles. The minimum Gasteiger partial charge on any atom is -0.464 e. The number of esters is 1. The summed E-state index contributed by atoms with van der Waals surface area (Å²) in [5, 5.41) is 0. The lowest BCUT2D eigenvalue weighted by atomic mass is 10.1.